The fourth-order valence-corrected chi connectivity index (χ4v) is 2.44. The second kappa shape index (κ2) is 10.1. The zero-order valence-electron chi connectivity index (χ0n) is 15.0. The van der Waals surface area contributed by atoms with Crippen LogP contribution in [0.3, 0.4) is 0 Å². The molecule has 5 nitrogen and oxygen atoms in total. The number of esters is 1. The SMILES string of the molecule is COC(=O)C(C)(CCCCN(C)CCN(C)C)NC(C)C. The van der Waals surface area contributed by atoms with Gasteiger partial charge in [0.05, 0.1) is 7.11 Å². The Hall–Kier alpha value is -0.650. The van der Waals surface area contributed by atoms with Crippen molar-refractivity contribution < 1.29 is 9.53 Å². The molecule has 0 aliphatic rings. The van der Waals surface area contributed by atoms with E-state index >= 15 is 0 Å². The lowest BCUT2D eigenvalue weighted by molar-refractivity contribution is -0.148. The quantitative estimate of drug-likeness (QED) is 0.464. The van der Waals surface area contributed by atoms with Crippen LogP contribution in [0.4, 0.5) is 0 Å². The van der Waals surface area contributed by atoms with Crippen molar-refractivity contribution in [3.8, 4) is 0 Å². The molecule has 0 saturated carbocycles. The van der Waals surface area contributed by atoms with E-state index in [0.717, 1.165) is 38.9 Å². The predicted octanol–water partition coefficient (Wildman–Crippen LogP) is 1.58. The number of carbonyl (C=O) groups excluding carboxylic acids is 1. The number of nitrogens with zero attached hydrogens (tertiary/aromatic N) is 2. The molecule has 21 heavy (non-hydrogen) atoms. The van der Waals surface area contributed by atoms with Crippen molar-refractivity contribution in [2.24, 2.45) is 0 Å². The molecule has 1 atom stereocenters. The summed E-state index contributed by atoms with van der Waals surface area (Å²) in [5.41, 5.74) is -0.578. The summed E-state index contributed by atoms with van der Waals surface area (Å²) in [5.74, 6) is -0.169. The fourth-order valence-electron chi connectivity index (χ4n) is 2.44. The van der Waals surface area contributed by atoms with Crippen molar-refractivity contribution in [3.05, 3.63) is 0 Å². The van der Waals surface area contributed by atoms with E-state index < -0.39 is 5.54 Å². The summed E-state index contributed by atoms with van der Waals surface area (Å²) in [4.78, 5) is 16.5. The van der Waals surface area contributed by atoms with Gasteiger partial charge in [0.1, 0.15) is 5.54 Å². The molecule has 0 rings (SSSR count). The van der Waals surface area contributed by atoms with Crippen molar-refractivity contribution in [2.45, 2.75) is 51.6 Å². The third kappa shape index (κ3) is 9.06. The number of nitrogens with one attached hydrogen (secondary N) is 1. The molecular formula is C16H35N3O2. The van der Waals surface area contributed by atoms with Crippen molar-refractivity contribution in [1.82, 2.24) is 15.1 Å². The first-order valence-corrected chi connectivity index (χ1v) is 7.90. The summed E-state index contributed by atoms with van der Waals surface area (Å²) >= 11 is 0. The summed E-state index contributed by atoms with van der Waals surface area (Å²) in [7, 11) is 7.79. The lowest BCUT2D eigenvalue weighted by Crippen LogP contribution is -2.53. The van der Waals surface area contributed by atoms with Gasteiger partial charge < -0.3 is 14.5 Å². The minimum absolute atomic E-state index is 0.169. The highest BCUT2D eigenvalue weighted by atomic mass is 16.5. The van der Waals surface area contributed by atoms with Gasteiger partial charge in [0.25, 0.3) is 0 Å². The topological polar surface area (TPSA) is 44.8 Å². The van der Waals surface area contributed by atoms with Gasteiger partial charge in [-0.25, -0.2) is 0 Å². The summed E-state index contributed by atoms with van der Waals surface area (Å²) in [6.07, 6.45) is 2.91. The smallest absolute Gasteiger partial charge is 0.325 e. The number of rotatable bonds is 11. The minimum atomic E-state index is -0.578. The van der Waals surface area contributed by atoms with Gasteiger partial charge >= 0.3 is 5.97 Å². The average Bonchev–Trinajstić information content (AvgIpc) is 2.39. The first-order chi connectivity index (χ1) is 9.71. The Kier molecular flexibility index (Phi) is 9.83. The first kappa shape index (κ1) is 20.3. The van der Waals surface area contributed by atoms with E-state index in [1.165, 1.54) is 7.11 Å². The molecule has 0 saturated heterocycles. The molecule has 1 unspecified atom stereocenters. The van der Waals surface area contributed by atoms with Gasteiger partial charge in [0.15, 0.2) is 0 Å². The Morgan fingerprint density at radius 2 is 1.76 bits per heavy atom. The highest BCUT2D eigenvalue weighted by Crippen LogP contribution is 2.17. The van der Waals surface area contributed by atoms with Crippen molar-refractivity contribution in [3.63, 3.8) is 0 Å². The molecule has 126 valence electrons. The van der Waals surface area contributed by atoms with Gasteiger partial charge in [-0.15, -0.1) is 0 Å². The van der Waals surface area contributed by atoms with E-state index in [2.05, 4.69) is 50.1 Å². The van der Waals surface area contributed by atoms with Crippen LogP contribution in [0.1, 0.15) is 40.0 Å². The Balaban J connectivity index is 4.12. The molecule has 0 aromatic heterocycles. The number of unbranched alkanes of at least 4 members (excludes halogenated alkanes) is 1. The summed E-state index contributed by atoms with van der Waals surface area (Å²) < 4.78 is 4.94. The summed E-state index contributed by atoms with van der Waals surface area (Å²) in [6, 6.07) is 0.261. The molecule has 0 amide bonds. The minimum Gasteiger partial charge on any atom is -0.468 e. The van der Waals surface area contributed by atoms with Gasteiger partial charge in [-0.2, -0.15) is 0 Å². The largest absolute Gasteiger partial charge is 0.468 e. The Morgan fingerprint density at radius 3 is 2.24 bits per heavy atom. The molecule has 0 aliphatic heterocycles. The Morgan fingerprint density at radius 1 is 1.14 bits per heavy atom. The number of methoxy groups -OCH3 is 1. The van der Waals surface area contributed by atoms with Crippen LogP contribution in [0, 0.1) is 0 Å². The standard InChI is InChI=1S/C16H35N3O2/c1-14(2)17-16(3,15(20)21-7)10-8-9-11-19(6)13-12-18(4)5/h14,17H,8-13H2,1-7H3. The maximum atomic E-state index is 12.0. The highest BCUT2D eigenvalue weighted by molar-refractivity contribution is 5.80. The maximum absolute atomic E-state index is 12.0. The normalized spacial score (nSPS) is 14.8. The van der Waals surface area contributed by atoms with Crippen LogP contribution in [0.25, 0.3) is 0 Å². The van der Waals surface area contributed by atoms with Gasteiger partial charge in [0.2, 0.25) is 0 Å². The molecule has 0 spiro atoms. The molecule has 1 N–H and O–H groups in total. The molecule has 0 aromatic rings. The number of carbonyl (C=O) groups is 1. The molecule has 0 aliphatic carbocycles. The van der Waals surface area contributed by atoms with E-state index in [1.807, 2.05) is 6.92 Å². The molecular weight excluding hydrogens is 266 g/mol. The van der Waals surface area contributed by atoms with Gasteiger partial charge in [-0.05, 0) is 67.7 Å². The lowest BCUT2D eigenvalue weighted by atomic mass is 9.93. The molecule has 0 aromatic carbocycles. The van der Waals surface area contributed by atoms with Crippen molar-refractivity contribution in [1.29, 1.82) is 0 Å². The van der Waals surface area contributed by atoms with Gasteiger partial charge in [-0.1, -0.05) is 0 Å². The molecule has 0 radical (unpaired) electrons. The monoisotopic (exact) mass is 301 g/mol. The van der Waals surface area contributed by atoms with Crippen LogP contribution in [-0.4, -0.2) is 75.2 Å². The van der Waals surface area contributed by atoms with Crippen LogP contribution in [0.5, 0.6) is 0 Å². The van der Waals surface area contributed by atoms with Crippen LogP contribution < -0.4 is 5.32 Å². The van der Waals surface area contributed by atoms with E-state index in [9.17, 15) is 4.79 Å². The van der Waals surface area contributed by atoms with Crippen LogP contribution in [0.15, 0.2) is 0 Å². The zero-order chi connectivity index (χ0) is 16.5. The molecule has 0 bridgehead atoms. The number of hydrogen-bond acceptors (Lipinski definition) is 5. The molecule has 0 heterocycles. The second-order valence-corrected chi connectivity index (χ2v) is 6.69. The Labute approximate surface area is 131 Å². The van der Waals surface area contributed by atoms with Gasteiger partial charge in [0, 0.05) is 19.1 Å². The molecule has 5 heteroatoms. The first-order valence-electron chi connectivity index (χ1n) is 7.90. The van der Waals surface area contributed by atoms with Crippen LogP contribution in [-0.2, 0) is 9.53 Å². The lowest BCUT2D eigenvalue weighted by Gasteiger charge is -2.30. The maximum Gasteiger partial charge on any atom is 0.325 e. The number of ether oxygens (including phenoxy) is 1. The van der Waals surface area contributed by atoms with E-state index in [4.69, 9.17) is 4.74 Å². The number of likely N-dealkylation sites (N-methyl/N-ethyl adjacent to an activating group) is 2. The molecule has 0 fully saturated rings. The number of hydrogen-bond donors (Lipinski definition) is 1. The van der Waals surface area contributed by atoms with Gasteiger partial charge in [-0.3, -0.25) is 10.1 Å². The van der Waals surface area contributed by atoms with E-state index in [0.29, 0.717) is 0 Å². The summed E-state index contributed by atoms with van der Waals surface area (Å²) in [6.45, 7) is 9.25. The fraction of sp³-hybridized carbons (Fsp3) is 0.938. The zero-order valence-corrected chi connectivity index (χ0v) is 15.0. The Bertz CT molecular complexity index is 295. The van der Waals surface area contributed by atoms with Crippen LogP contribution >= 0.6 is 0 Å². The third-order valence-corrected chi connectivity index (χ3v) is 3.64. The highest BCUT2D eigenvalue weighted by Gasteiger charge is 2.33. The van der Waals surface area contributed by atoms with Crippen molar-refractivity contribution >= 4 is 5.97 Å². The summed E-state index contributed by atoms with van der Waals surface area (Å²) in [5, 5.41) is 3.34. The third-order valence-electron chi connectivity index (χ3n) is 3.64. The second-order valence-electron chi connectivity index (χ2n) is 6.69. The van der Waals surface area contributed by atoms with E-state index in [1.54, 1.807) is 0 Å². The van der Waals surface area contributed by atoms with Crippen molar-refractivity contribution in [2.75, 3.05) is 47.9 Å². The van der Waals surface area contributed by atoms with Crippen LogP contribution in [0.2, 0.25) is 0 Å². The average molecular weight is 301 g/mol. The predicted molar refractivity (Wildman–Crippen MR) is 88.6 cm³/mol. The van der Waals surface area contributed by atoms with E-state index in [-0.39, 0.29) is 12.0 Å².